The third kappa shape index (κ3) is 2.89. The summed E-state index contributed by atoms with van der Waals surface area (Å²) in [4.78, 5) is 24.9. The van der Waals surface area contributed by atoms with Crippen molar-refractivity contribution in [3.05, 3.63) is 0 Å². The van der Waals surface area contributed by atoms with Gasteiger partial charge < -0.3 is 5.32 Å². The molecule has 2 aliphatic rings. The third-order valence-corrected chi connectivity index (χ3v) is 5.04. The first kappa shape index (κ1) is 13.5. The molecule has 1 heterocycles. The van der Waals surface area contributed by atoms with Crippen molar-refractivity contribution in [3.8, 4) is 0 Å². The summed E-state index contributed by atoms with van der Waals surface area (Å²) in [6.07, 6.45) is 1.95. The first-order valence-corrected chi connectivity index (χ1v) is 8.06. The standard InChI is InChI=1S/C11H18N2O4S/c1-2-18(16,17)6-5-12-9-7-10(14)13(11(9)15)8-3-4-8/h8-9,12H,2-7H2,1H3. The number of carbonyl (C=O) groups is 2. The zero-order valence-electron chi connectivity index (χ0n) is 10.4. The second-order valence-electron chi connectivity index (χ2n) is 4.78. The highest BCUT2D eigenvalue weighted by Gasteiger charge is 2.45. The number of nitrogens with one attached hydrogen (secondary N) is 1. The smallest absolute Gasteiger partial charge is 0.247 e. The van der Waals surface area contributed by atoms with Crippen molar-refractivity contribution < 1.29 is 18.0 Å². The molecule has 0 aromatic carbocycles. The minimum atomic E-state index is -3.03. The van der Waals surface area contributed by atoms with Crippen LogP contribution in [0.3, 0.4) is 0 Å². The lowest BCUT2D eigenvalue weighted by Crippen LogP contribution is -2.41. The fraction of sp³-hybridized carbons (Fsp3) is 0.818. The Morgan fingerprint density at radius 3 is 2.56 bits per heavy atom. The lowest BCUT2D eigenvalue weighted by atomic mass is 10.2. The summed E-state index contributed by atoms with van der Waals surface area (Å²) in [5.41, 5.74) is 0. The molecule has 2 amide bonds. The number of likely N-dealkylation sites (tertiary alicyclic amines) is 1. The summed E-state index contributed by atoms with van der Waals surface area (Å²) < 4.78 is 22.6. The number of carbonyl (C=O) groups excluding carboxylic acids is 2. The van der Waals surface area contributed by atoms with Gasteiger partial charge in [-0.25, -0.2) is 8.42 Å². The number of hydrogen-bond acceptors (Lipinski definition) is 5. The zero-order chi connectivity index (χ0) is 13.3. The van der Waals surface area contributed by atoms with E-state index < -0.39 is 15.9 Å². The van der Waals surface area contributed by atoms with Crippen molar-refractivity contribution in [1.29, 1.82) is 0 Å². The lowest BCUT2D eigenvalue weighted by Gasteiger charge is -2.14. The first-order valence-electron chi connectivity index (χ1n) is 6.24. The molecule has 1 saturated heterocycles. The Morgan fingerprint density at radius 1 is 1.33 bits per heavy atom. The minimum absolute atomic E-state index is 0.00486. The summed E-state index contributed by atoms with van der Waals surface area (Å²) in [5.74, 6) is -0.236. The van der Waals surface area contributed by atoms with E-state index in [0.29, 0.717) is 0 Å². The van der Waals surface area contributed by atoms with E-state index in [1.54, 1.807) is 6.92 Å². The molecule has 7 heteroatoms. The first-order chi connectivity index (χ1) is 8.44. The largest absolute Gasteiger partial charge is 0.304 e. The second-order valence-corrected chi connectivity index (χ2v) is 7.25. The van der Waals surface area contributed by atoms with E-state index in [0.717, 1.165) is 12.8 Å². The van der Waals surface area contributed by atoms with E-state index in [9.17, 15) is 18.0 Å². The molecule has 2 fully saturated rings. The molecule has 1 atom stereocenters. The number of imide groups is 1. The van der Waals surface area contributed by atoms with Crippen molar-refractivity contribution in [3.63, 3.8) is 0 Å². The topological polar surface area (TPSA) is 83.6 Å². The highest BCUT2D eigenvalue weighted by Crippen LogP contribution is 2.31. The van der Waals surface area contributed by atoms with Crippen LogP contribution in [0.4, 0.5) is 0 Å². The highest BCUT2D eigenvalue weighted by atomic mass is 32.2. The molecule has 18 heavy (non-hydrogen) atoms. The van der Waals surface area contributed by atoms with Gasteiger partial charge in [0.15, 0.2) is 9.84 Å². The van der Waals surface area contributed by atoms with E-state index in [-0.39, 0.29) is 42.3 Å². The molecule has 102 valence electrons. The predicted molar refractivity (Wildman–Crippen MR) is 65.6 cm³/mol. The number of rotatable bonds is 6. The van der Waals surface area contributed by atoms with Crippen LogP contribution < -0.4 is 5.32 Å². The number of amides is 2. The summed E-state index contributed by atoms with van der Waals surface area (Å²) in [6, 6.07) is -0.443. The Morgan fingerprint density at radius 2 is 2.00 bits per heavy atom. The van der Waals surface area contributed by atoms with E-state index >= 15 is 0 Å². The van der Waals surface area contributed by atoms with Crippen LogP contribution >= 0.6 is 0 Å². The average Bonchev–Trinajstić information content (AvgIpc) is 3.08. The summed E-state index contributed by atoms with van der Waals surface area (Å²) in [7, 11) is -3.03. The van der Waals surface area contributed by atoms with Gasteiger partial charge in [0.25, 0.3) is 0 Å². The molecular weight excluding hydrogens is 256 g/mol. The van der Waals surface area contributed by atoms with E-state index in [4.69, 9.17) is 0 Å². The minimum Gasteiger partial charge on any atom is -0.304 e. The Labute approximate surface area is 107 Å². The molecule has 1 unspecified atom stereocenters. The number of hydrogen-bond donors (Lipinski definition) is 1. The predicted octanol–water partition coefficient (Wildman–Crippen LogP) is -0.699. The van der Waals surface area contributed by atoms with E-state index in [2.05, 4.69) is 5.32 Å². The van der Waals surface area contributed by atoms with Gasteiger partial charge in [0.1, 0.15) is 0 Å². The van der Waals surface area contributed by atoms with Crippen LogP contribution in [0, 0.1) is 0 Å². The molecule has 0 aromatic rings. The van der Waals surface area contributed by atoms with Gasteiger partial charge in [0.2, 0.25) is 11.8 Å². The SMILES string of the molecule is CCS(=O)(=O)CCNC1CC(=O)N(C2CC2)C1=O. The van der Waals surface area contributed by atoms with Crippen LogP contribution in [0.2, 0.25) is 0 Å². The molecule has 0 aromatic heterocycles. The number of nitrogens with zero attached hydrogens (tertiary/aromatic N) is 1. The Hall–Kier alpha value is -0.950. The van der Waals surface area contributed by atoms with Gasteiger partial charge in [-0.1, -0.05) is 6.92 Å². The van der Waals surface area contributed by atoms with E-state index in [1.165, 1.54) is 4.90 Å². The van der Waals surface area contributed by atoms with Gasteiger partial charge in [-0.15, -0.1) is 0 Å². The summed E-state index contributed by atoms with van der Waals surface area (Å²) in [5, 5.41) is 2.87. The maximum Gasteiger partial charge on any atom is 0.247 e. The van der Waals surface area contributed by atoms with E-state index in [1.807, 2.05) is 0 Å². The molecule has 1 N–H and O–H groups in total. The molecule has 1 aliphatic carbocycles. The maximum absolute atomic E-state index is 11.9. The molecule has 6 nitrogen and oxygen atoms in total. The molecule has 0 spiro atoms. The third-order valence-electron chi connectivity index (χ3n) is 3.34. The van der Waals surface area contributed by atoms with Crippen molar-refractivity contribution in [2.24, 2.45) is 0 Å². The van der Waals surface area contributed by atoms with Crippen molar-refractivity contribution in [1.82, 2.24) is 10.2 Å². The van der Waals surface area contributed by atoms with Crippen molar-refractivity contribution >= 4 is 21.7 Å². The molecule has 1 aliphatic heterocycles. The number of sulfone groups is 1. The average molecular weight is 274 g/mol. The monoisotopic (exact) mass is 274 g/mol. The normalized spacial score (nSPS) is 24.9. The second kappa shape index (κ2) is 4.97. The Kier molecular flexibility index (Phi) is 3.72. The van der Waals surface area contributed by atoms with Crippen LogP contribution in [-0.2, 0) is 19.4 Å². The highest BCUT2D eigenvalue weighted by molar-refractivity contribution is 7.91. The molecule has 0 bridgehead atoms. The van der Waals surface area contributed by atoms with Crippen molar-refractivity contribution in [2.75, 3.05) is 18.1 Å². The maximum atomic E-state index is 11.9. The molecular formula is C11H18N2O4S. The molecule has 2 rings (SSSR count). The Bertz CT molecular complexity index is 456. The van der Waals surface area contributed by atoms with Gasteiger partial charge in [0, 0.05) is 18.3 Å². The van der Waals surface area contributed by atoms with Crippen LogP contribution in [0.1, 0.15) is 26.2 Å². The van der Waals surface area contributed by atoms with Crippen molar-refractivity contribution in [2.45, 2.75) is 38.3 Å². The van der Waals surface area contributed by atoms with Gasteiger partial charge in [-0.05, 0) is 12.8 Å². The van der Waals surface area contributed by atoms with Gasteiger partial charge >= 0.3 is 0 Å². The van der Waals surface area contributed by atoms with Crippen LogP contribution in [0.5, 0.6) is 0 Å². The van der Waals surface area contributed by atoms with Crippen LogP contribution in [0.25, 0.3) is 0 Å². The van der Waals surface area contributed by atoms with Crippen LogP contribution in [0.15, 0.2) is 0 Å². The lowest BCUT2D eigenvalue weighted by molar-refractivity contribution is -0.139. The van der Waals surface area contributed by atoms with Gasteiger partial charge in [-0.3, -0.25) is 14.5 Å². The van der Waals surface area contributed by atoms with Gasteiger partial charge in [-0.2, -0.15) is 0 Å². The molecule has 0 radical (unpaired) electrons. The zero-order valence-corrected chi connectivity index (χ0v) is 11.2. The van der Waals surface area contributed by atoms with Crippen LogP contribution in [-0.4, -0.2) is 55.3 Å². The molecule has 1 saturated carbocycles. The fourth-order valence-electron chi connectivity index (χ4n) is 2.06. The Balaban J connectivity index is 1.84. The summed E-state index contributed by atoms with van der Waals surface area (Å²) in [6.45, 7) is 1.81. The fourth-order valence-corrected chi connectivity index (χ4v) is 2.78. The summed E-state index contributed by atoms with van der Waals surface area (Å²) >= 11 is 0. The quantitative estimate of drug-likeness (QED) is 0.648. The van der Waals surface area contributed by atoms with Gasteiger partial charge in [0.05, 0.1) is 18.2 Å².